The van der Waals surface area contributed by atoms with Crippen LogP contribution in [0.4, 0.5) is 10.1 Å². The highest BCUT2D eigenvalue weighted by atomic mass is 19.1. The first-order chi connectivity index (χ1) is 13.5. The zero-order chi connectivity index (χ0) is 19.6. The van der Waals surface area contributed by atoms with Gasteiger partial charge in [0.05, 0.1) is 24.2 Å². The Hall–Kier alpha value is -2.50. The first kappa shape index (κ1) is 17.6. The van der Waals surface area contributed by atoms with Crippen molar-refractivity contribution in [2.24, 2.45) is 11.7 Å². The van der Waals surface area contributed by atoms with Crippen LogP contribution in [0, 0.1) is 23.1 Å². The van der Waals surface area contributed by atoms with Crippen LogP contribution in [-0.2, 0) is 9.59 Å². The Bertz CT molecular complexity index is 886. The molecular formula is C20H22FN5O2. The van der Waals surface area contributed by atoms with Crippen LogP contribution in [0.15, 0.2) is 24.3 Å². The summed E-state index contributed by atoms with van der Waals surface area (Å²) >= 11 is 0. The summed E-state index contributed by atoms with van der Waals surface area (Å²) in [4.78, 5) is 31.0. The maximum Gasteiger partial charge on any atom is 0.244 e. The summed E-state index contributed by atoms with van der Waals surface area (Å²) in [5, 5.41) is 9.30. The van der Waals surface area contributed by atoms with E-state index >= 15 is 0 Å². The van der Waals surface area contributed by atoms with E-state index in [1.807, 2.05) is 4.90 Å². The fraction of sp³-hybridized carbons (Fsp3) is 0.550. The number of rotatable bonds is 4. The molecule has 1 aliphatic carbocycles. The number of nitrogens with zero attached hydrogens (tertiary/aromatic N) is 4. The maximum absolute atomic E-state index is 13.5. The molecule has 4 aliphatic rings. The highest BCUT2D eigenvalue weighted by Crippen LogP contribution is 2.47. The highest BCUT2D eigenvalue weighted by Gasteiger charge is 2.55. The van der Waals surface area contributed by atoms with Gasteiger partial charge in [-0.3, -0.25) is 14.5 Å². The Kier molecular flexibility index (Phi) is 3.93. The van der Waals surface area contributed by atoms with Crippen molar-refractivity contribution in [2.75, 3.05) is 18.0 Å². The molecule has 8 heteroatoms. The molecule has 4 fully saturated rings. The van der Waals surface area contributed by atoms with Gasteiger partial charge in [0, 0.05) is 24.8 Å². The predicted molar refractivity (Wildman–Crippen MR) is 98.4 cm³/mol. The lowest BCUT2D eigenvalue weighted by atomic mass is 10.1. The average Bonchev–Trinajstić information content (AvgIpc) is 3.01. The monoisotopic (exact) mass is 383 g/mol. The van der Waals surface area contributed by atoms with Crippen LogP contribution in [0.5, 0.6) is 0 Å². The first-order valence-corrected chi connectivity index (χ1v) is 9.78. The van der Waals surface area contributed by atoms with Gasteiger partial charge < -0.3 is 15.5 Å². The summed E-state index contributed by atoms with van der Waals surface area (Å²) in [6.07, 6.45) is 2.37. The molecule has 2 N–H and O–H groups in total. The number of anilines is 1. The van der Waals surface area contributed by atoms with Gasteiger partial charge in [-0.05, 0) is 43.4 Å². The second kappa shape index (κ2) is 6.26. The SMILES string of the molecule is N#C[C@@H]1CC2C[C@@H]2N1C(=O)[C@@H](N)CN1C[C@H]2C[C@@H]1C(=O)N2c1cccc(F)c1. The Labute approximate surface area is 162 Å². The number of halogens is 1. The molecule has 2 amide bonds. The fourth-order valence-corrected chi connectivity index (χ4v) is 5.24. The van der Waals surface area contributed by atoms with Crippen molar-refractivity contribution in [1.29, 1.82) is 5.26 Å². The van der Waals surface area contributed by atoms with Gasteiger partial charge in [0.15, 0.2) is 0 Å². The van der Waals surface area contributed by atoms with Crippen LogP contribution >= 0.6 is 0 Å². The van der Waals surface area contributed by atoms with Gasteiger partial charge in [-0.1, -0.05) is 6.07 Å². The molecule has 146 valence electrons. The number of likely N-dealkylation sites (tertiary alicyclic amines) is 2. The third-order valence-corrected chi connectivity index (χ3v) is 6.61. The second-order valence-corrected chi connectivity index (χ2v) is 8.34. The molecule has 1 unspecified atom stereocenters. The number of hydrogen-bond acceptors (Lipinski definition) is 5. The van der Waals surface area contributed by atoms with Crippen LogP contribution in [-0.4, -0.2) is 64.9 Å². The topological polar surface area (TPSA) is 93.7 Å². The molecule has 0 radical (unpaired) electrons. The third kappa shape index (κ3) is 2.61. The Morgan fingerprint density at radius 3 is 2.89 bits per heavy atom. The van der Waals surface area contributed by atoms with Gasteiger partial charge in [0.25, 0.3) is 0 Å². The molecule has 3 heterocycles. The van der Waals surface area contributed by atoms with E-state index in [1.165, 1.54) is 12.1 Å². The average molecular weight is 383 g/mol. The van der Waals surface area contributed by atoms with Gasteiger partial charge in [0.1, 0.15) is 11.9 Å². The largest absolute Gasteiger partial charge is 0.322 e. The molecule has 5 rings (SSSR count). The van der Waals surface area contributed by atoms with E-state index in [-0.39, 0.29) is 41.8 Å². The smallest absolute Gasteiger partial charge is 0.244 e. The van der Waals surface area contributed by atoms with Gasteiger partial charge in [-0.2, -0.15) is 5.26 Å². The Balaban J connectivity index is 1.25. The number of amides is 2. The van der Waals surface area contributed by atoms with Crippen LogP contribution < -0.4 is 10.6 Å². The van der Waals surface area contributed by atoms with Crippen LogP contribution in [0.1, 0.15) is 19.3 Å². The predicted octanol–water partition coefficient (Wildman–Crippen LogP) is 0.455. The molecule has 1 aromatic carbocycles. The number of carbonyl (C=O) groups excluding carboxylic acids is 2. The maximum atomic E-state index is 13.5. The number of nitriles is 1. The first-order valence-electron chi connectivity index (χ1n) is 9.78. The van der Waals surface area contributed by atoms with E-state index in [2.05, 4.69) is 6.07 Å². The lowest BCUT2D eigenvalue weighted by Crippen LogP contribution is -2.57. The van der Waals surface area contributed by atoms with Crippen molar-refractivity contribution in [2.45, 2.75) is 49.5 Å². The lowest BCUT2D eigenvalue weighted by Gasteiger charge is -2.35. The van der Waals surface area contributed by atoms with Crippen molar-refractivity contribution < 1.29 is 14.0 Å². The van der Waals surface area contributed by atoms with Gasteiger partial charge in [-0.15, -0.1) is 0 Å². The quantitative estimate of drug-likeness (QED) is 0.815. The van der Waals surface area contributed by atoms with Crippen molar-refractivity contribution >= 4 is 17.5 Å². The minimum absolute atomic E-state index is 0.0342. The summed E-state index contributed by atoms with van der Waals surface area (Å²) in [7, 11) is 0. The summed E-state index contributed by atoms with van der Waals surface area (Å²) in [5.41, 5.74) is 6.78. The number of benzene rings is 1. The van der Waals surface area contributed by atoms with E-state index in [1.54, 1.807) is 21.9 Å². The van der Waals surface area contributed by atoms with Crippen molar-refractivity contribution in [1.82, 2.24) is 9.80 Å². The van der Waals surface area contributed by atoms with Crippen LogP contribution in [0.2, 0.25) is 0 Å². The summed E-state index contributed by atoms with van der Waals surface area (Å²) in [5.74, 6) is -0.174. The van der Waals surface area contributed by atoms with E-state index in [4.69, 9.17) is 5.73 Å². The molecule has 28 heavy (non-hydrogen) atoms. The molecule has 0 aromatic heterocycles. The zero-order valence-electron chi connectivity index (χ0n) is 15.4. The number of piperidine rings is 1. The summed E-state index contributed by atoms with van der Waals surface area (Å²) in [6, 6.07) is 6.97. The van der Waals surface area contributed by atoms with Gasteiger partial charge in [-0.25, -0.2) is 4.39 Å². The van der Waals surface area contributed by atoms with Crippen LogP contribution in [0.3, 0.4) is 0 Å². The van der Waals surface area contributed by atoms with Crippen molar-refractivity contribution in [3.05, 3.63) is 30.1 Å². The molecule has 2 bridgehead atoms. The minimum Gasteiger partial charge on any atom is -0.322 e. The van der Waals surface area contributed by atoms with E-state index in [0.717, 1.165) is 12.8 Å². The standard InChI is InChI=1S/C20H22FN5O2/c21-12-2-1-3-13(6-12)25-15-7-18(20(25)28)24(9-15)10-16(23)19(27)26-14(8-22)4-11-5-17(11)26/h1-3,6,11,14-18H,4-5,7,9-10,23H2/t11?,14-,15+,16-,17-,18+/m0/s1. The van der Waals surface area contributed by atoms with Crippen molar-refractivity contribution in [3.63, 3.8) is 0 Å². The van der Waals surface area contributed by atoms with Gasteiger partial charge in [0.2, 0.25) is 11.8 Å². The molecule has 3 saturated heterocycles. The summed E-state index contributed by atoms with van der Waals surface area (Å²) < 4.78 is 13.5. The second-order valence-electron chi connectivity index (χ2n) is 8.34. The number of carbonyl (C=O) groups is 2. The molecule has 1 aromatic rings. The number of hydrogen-bond donors (Lipinski definition) is 1. The van der Waals surface area contributed by atoms with E-state index in [9.17, 15) is 19.2 Å². The molecule has 6 atom stereocenters. The molecule has 0 spiro atoms. The summed E-state index contributed by atoms with van der Waals surface area (Å²) in [6.45, 7) is 0.913. The zero-order valence-corrected chi connectivity index (χ0v) is 15.4. The highest BCUT2D eigenvalue weighted by molar-refractivity contribution is 6.01. The number of piperazine rings is 1. The van der Waals surface area contributed by atoms with E-state index < -0.39 is 6.04 Å². The van der Waals surface area contributed by atoms with Crippen molar-refractivity contribution in [3.8, 4) is 6.07 Å². The fourth-order valence-electron chi connectivity index (χ4n) is 5.24. The molecule has 3 aliphatic heterocycles. The van der Waals surface area contributed by atoms with Gasteiger partial charge >= 0.3 is 0 Å². The number of nitrogens with two attached hydrogens (primary N) is 1. The lowest BCUT2D eigenvalue weighted by molar-refractivity contribution is -0.135. The molecular weight excluding hydrogens is 361 g/mol. The molecule has 1 saturated carbocycles. The third-order valence-electron chi connectivity index (χ3n) is 6.61. The van der Waals surface area contributed by atoms with Crippen LogP contribution in [0.25, 0.3) is 0 Å². The molecule has 7 nitrogen and oxygen atoms in total. The normalized spacial score (nSPS) is 34.5. The minimum atomic E-state index is -0.745. The Morgan fingerprint density at radius 2 is 2.18 bits per heavy atom. The number of fused-ring (bicyclic) bond motifs is 3. The Morgan fingerprint density at radius 1 is 1.36 bits per heavy atom. The van der Waals surface area contributed by atoms with E-state index in [0.29, 0.717) is 31.1 Å².